The first kappa shape index (κ1) is 14.3. The highest BCUT2D eigenvalue weighted by Crippen LogP contribution is 2.25. The molecule has 0 atom stereocenters. The highest BCUT2D eigenvalue weighted by Gasteiger charge is 2.11. The van der Waals surface area contributed by atoms with E-state index in [1.54, 1.807) is 6.07 Å². The van der Waals surface area contributed by atoms with E-state index in [1.807, 2.05) is 42.5 Å². The number of hydrogen-bond acceptors (Lipinski definition) is 5. The molecule has 23 heavy (non-hydrogen) atoms. The molecule has 2 aromatic carbocycles. The topological polar surface area (TPSA) is 56.5 Å². The van der Waals surface area contributed by atoms with Crippen molar-refractivity contribution in [3.63, 3.8) is 0 Å². The van der Waals surface area contributed by atoms with Crippen molar-refractivity contribution in [3.8, 4) is 5.75 Å². The van der Waals surface area contributed by atoms with Gasteiger partial charge in [-0.3, -0.25) is 4.79 Å². The first-order chi connectivity index (χ1) is 11.2. The van der Waals surface area contributed by atoms with Gasteiger partial charge in [0.05, 0.1) is 15.4 Å². The second-order valence-electron chi connectivity index (χ2n) is 4.84. The van der Waals surface area contributed by atoms with Gasteiger partial charge < -0.3 is 4.74 Å². The summed E-state index contributed by atoms with van der Waals surface area (Å²) in [6.45, 7) is 0.284. The zero-order valence-electron chi connectivity index (χ0n) is 11.8. The molecule has 0 saturated heterocycles. The van der Waals surface area contributed by atoms with Gasteiger partial charge in [-0.2, -0.15) is 9.61 Å². The smallest absolute Gasteiger partial charge is 0.283 e. The van der Waals surface area contributed by atoms with Crippen LogP contribution >= 0.6 is 27.3 Å². The van der Waals surface area contributed by atoms with Crippen LogP contribution in [0.3, 0.4) is 0 Å². The molecule has 0 radical (unpaired) electrons. The minimum atomic E-state index is -0.158. The summed E-state index contributed by atoms with van der Waals surface area (Å²) < 4.78 is 7.96. The van der Waals surface area contributed by atoms with Gasteiger partial charge >= 0.3 is 0 Å². The van der Waals surface area contributed by atoms with E-state index in [0.717, 1.165) is 10.2 Å². The number of fused-ring (bicyclic) bond motifs is 2. The zero-order chi connectivity index (χ0) is 15.8. The number of para-hydroxylation sites is 2. The molecule has 0 bridgehead atoms. The monoisotopic (exact) mass is 387 g/mol. The Kier molecular flexibility index (Phi) is 3.59. The second kappa shape index (κ2) is 5.75. The van der Waals surface area contributed by atoms with Crippen LogP contribution in [0.5, 0.6) is 5.75 Å². The van der Waals surface area contributed by atoms with Crippen LogP contribution < -0.4 is 10.3 Å². The van der Waals surface area contributed by atoms with Gasteiger partial charge in [-0.1, -0.05) is 35.6 Å². The highest BCUT2D eigenvalue weighted by molar-refractivity contribution is 9.10. The van der Waals surface area contributed by atoms with Gasteiger partial charge in [0.1, 0.15) is 12.4 Å². The first-order valence-corrected chi connectivity index (χ1v) is 8.48. The highest BCUT2D eigenvalue weighted by atomic mass is 79.9. The van der Waals surface area contributed by atoms with Gasteiger partial charge in [-0.25, -0.2) is 4.98 Å². The lowest BCUT2D eigenvalue weighted by atomic mass is 10.2. The van der Waals surface area contributed by atoms with E-state index in [1.165, 1.54) is 15.9 Å². The Hall–Kier alpha value is -2.25. The Bertz CT molecular complexity index is 1070. The maximum absolute atomic E-state index is 12.4. The summed E-state index contributed by atoms with van der Waals surface area (Å²) >= 11 is 4.79. The van der Waals surface area contributed by atoms with E-state index in [4.69, 9.17) is 4.74 Å². The van der Waals surface area contributed by atoms with Crippen LogP contribution in [0.2, 0.25) is 0 Å². The van der Waals surface area contributed by atoms with Gasteiger partial charge in [-0.05, 0) is 40.2 Å². The van der Waals surface area contributed by atoms with Gasteiger partial charge in [0.15, 0.2) is 5.01 Å². The first-order valence-electron chi connectivity index (χ1n) is 6.87. The zero-order valence-corrected chi connectivity index (χ0v) is 14.2. The van der Waals surface area contributed by atoms with E-state index in [2.05, 4.69) is 26.0 Å². The van der Waals surface area contributed by atoms with Crippen LogP contribution in [0.25, 0.3) is 15.9 Å². The number of hydrogen-bond donors (Lipinski definition) is 0. The van der Waals surface area contributed by atoms with Crippen molar-refractivity contribution in [3.05, 3.63) is 68.4 Å². The Morgan fingerprint density at radius 2 is 1.91 bits per heavy atom. The minimum Gasteiger partial charge on any atom is -0.485 e. The van der Waals surface area contributed by atoms with Gasteiger partial charge in [-0.15, -0.1) is 0 Å². The van der Waals surface area contributed by atoms with Gasteiger partial charge in [0, 0.05) is 0 Å². The van der Waals surface area contributed by atoms with E-state index in [-0.39, 0.29) is 12.2 Å². The summed E-state index contributed by atoms with van der Waals surface area (Å²) in [4.78, 5) is 17.5. The van der Waals surface area contributed by atoms with Crippen molar-refractivity contribution >= 4 is 43.1 Å². The molecule has 0 amide bonds. The van der Waals surface area contributed by atoms with Crippen molar-refractivity contribution in [2.45, 2.75) is 6.61 Å². The molecule has 0 fully saturated rings. The van der Waals surface area contributed by atoms with Crippen molar-refractivity contribution in [1.82, 2.24) is 14.6 Å². The number of halogens is 1. The van der Waals surface area contributed by atoms with Crippen LogP contribution in [-0.2, 0) is 6.61 Å². The van der Waals surface area contributed by atoms with E-state index in [9.17, 15) is 4.79 Å². The van der Waals surface area contributed by atoms with Crippen LogP contribution in [0.1, 0.15) is 5.01 Å². The normalized spacial score (nSPS) is 11.2. The Morgan fingerprint density at radius 1 is 1.13 bits per heavy atom. The SMILES string of the molecule is O=c1c2ccccc2nc2sc(COc3ccccc3Br)nn12. The molecule has 0 unspecified atom stereocenters. The van der Waals surface area contributed by atoms with E-state index < -0.39 is 0 Å². The molecular formula is C16H10BrN3O2S. The fourth-order valence-electron chi connectivity index (χ4n) is 2.25. The maximum atomic E-state index is 12.4. The molecule has 0 aliphatic carbocycles. The minimum absolute atomic E-state index is 0.158. The van der Waals surface area contributed by atoms with Gasteiger partial charge in [0.2, 0.25) is 4.96 Å². The lowest BCUT2D eigenvalue weighted by molar-refractivity contribution is 0.302. The number of aromatic nitrogens is 3. The second-order valence-corrected chi connectivity index (χ2v) is 6.74. The van der Waals surface area contributed by atoms with Crippen LogP contribution in [0, 0.1) is 0 Å². The molecule has 7 heteroatoms. The average molecular weight is 388 g/mol. The summed E-state index contributed by atoms with van der Waals surface area (Å²) in [6.07, 6.45) is 0. The Morgan fingerprint density at radius 3 is 2.78 bits per heavy atom. The molecule has 2 heterocycles. The predicted octanol–water partition coefficient (Wildman–Crippen LogP) is 3.65. The largest absolute Gasteiger partial charge is 0.485 e. The average Bonchev–Trinajstić information content (AvgIpc) is 2.98. The fourth-order valence-corrected chi connectivity index (χ4v) is 3.46. The Balaban J connectivity index is 1.72. The third kappa shape index (κ3) is 2.62. The number of ether oxygens (including phenoxy) is 1. The summed E-state index contributed by atoms with van der Waals surface area (Å²) in [5, 5.41) is 5.59. The van der Waals surface area contributed by atoms with Crippen LogP contribution in [0.15, 0.2) is 57.8 Å². The molecular weight excluding hydrogens is 378 g/mol. The fraction of sp³-hybridized carbons (Fsp3) is 0.0625. The molecule has 0 N–H and O–H groups in total. The van der Waals surface area contributed by atoms with E-state index in [0.29, 0.717) is 20.9 Å². The number of rotatable bonds is 3. The molecule has 2 aromatic heterocycles. The number of benzene rings is 2. The summed E-state index contributed by atoms with van der Waals surface area (Å²) in [6, 6.07) is 14.9. The molecule has 4 rings (SSSR count). The summed E-state index contributed by atoms with van der Waals surface area (Å²) in [7, 11) is 0. The van der Waals surface area contributed by atoms with Crippen LogP contribution in [0.4, 0.5) is 0 Å². The standard InChI is InChI=1S/C16H10BrN3O2S/c17-11-6-2-4-8-13(11)22-9-14-19-20-15(21)10-5-1-3-7-12(10)18-16(20)23-14/h1-8H,9H2. The molecule has 0 spiro atoms. The van der Waals surface area contributed by atoms with Crippen molar-refractivity contribution in [1.29, 1.82) is 0 Å². The molecule has 5 nitrogen and oxygen atoms in total. The lowest BCUT2D eigenvalue weighted by Crippen LogP contribution is -2.15. The van der Waals surface area contributed by atoms with Crippen molar-refractivity contribution in [2.24, 2.45) is 0 Å². The predicted molar refractivity (Wildman–Crippen MR) is 93.1 cm³/mol. The van der Waals surface area contributed by atoms with Crippen molar-refractivity contribution < 1.29 is 4.74 Å². The summed E-state index contributed by atoms with van der Waals surface area (Å²) in [5.41, 5.74) is 0.522. The molecule has 0 aliphatic heterocycles. The van der Waals surface area contributed by atoms with E-state index >= 15 is 0 Å². The van der Waals surface area contributed by atoms with Crippen molar-refractivity contribution in [2.75, 3.05) is 0 Å². The Labute approximate surface area is 143 Å². The quantitative estimate of drug-likeness (QED) is 0.538. The van der Waals surface area contributed by atoms with Crippen LogP contribution in [-0.4, -0.2) is 14.6 Å². The molecule has 4 aromatic rings. The maximum Gasteiger partial charge on any atom is 0.283 e. The number of nitrogens with zero attached hydrogens (tertiary/aromatic N) is 3. The molecule has 114 valence electrons. The summed E-state index contributed by atoms with van der Waals surface area (Å²) in [5.74, 6) is 0.734. The third-order valence-electron chi connectivity index (χ3n) is 3.33. The third-order valence-corrected chi connectivity index (χ3v) is 4.87. The molecule has 0 aliphatic rings. The van der Waals surface area contributed by atoms with Gasteiger partial charge in [0.25, 0.3) is 5.56 Å². The lowest BCUT2D eigenvalue weighted by Gasteiger charge is -2.04. The molecule has 0 saturated carbocycles.